The smallest absolute Gasteiger partial charge is 0.355 e. The van der Waals surface area contributed by atoms with Crippen LogP contribution in [0, 0.1) is 0 Å². The predicted octanol–water partition coefficient (Wildman–Crippen LogP) is 13.2. The third-order valence-corrected chi connectivity index (χ3v) is 21.9. The standard InChI is InChI=1S/C67H65N5O7S2Si/c1-65(2,3)82(5,6)78-43-25-26-48-45-80-62-58(61(74)72(62)59(48)63(75)77-44-47-39-41-55(76-4)42-40-47)69-60(73)57(71-79-67(52-33-19-10-20-34-52,53-35-21-11-22-36-53)54-37-23-12-24-38-54)56-46-81-64(68-56)70-66(49-27-13-7-14-28-49,50-29-15-8-16-30-50)51-31-17-9-18-32-51/h7-42,46,58,62H,43-45H2,1-6H3,(H,68,70)(H,69,73)/b26-25-,71-57+/t58?,62-/m1/s1. The van der Waals surface area contributed by atoms with Crippen LogP contribution < -0.4 is 15.4 Å². The third-order valence-electron chi connectivity index (χ3n) is 15.4. The van der Waals surface area contributed by atoms with Crippen molar-refractivity contribution in [1.82, 2.24) is 15.2 Å². The highest BCUT2D eigenvalue weighted by Gasteiger charge is 2.55. The van der Waals surface area contributed by atoms with E-state index in [0.29, 0.717) is 28.8 Å². The van der Waals surface area contributed by atoms with E-state index in [9.17, 15) is 9.59 Å². The number of methoxy groups -OCH3 is 1. The lowest BCUT2D eigenvalue weighted by Gasteiger charge is -2.49. The van der Waals surface area contributed by atoms with E-state index in [4.69, 9.17) is 28.9 Å². The number of thiazole rings is 1. The van der Waals surface area contributed by atoms with Crippen molar-refractivity contribution in [2.45, 2.75) is 68.1 Å². The van der Waals surface area contributed by atoms with E-state index in [1.807, 2.05) is 170 Å². The first-order valence-corrected chi connectivity index (χ1v) is 32.0. The van der Waals surface area contributed by atoms with Gasteiger partial charge in [0.15, 0.2) is 19.2 Å². The Labute approximate surface area is 489 Å². The van der Waals surface area contributed by atoms with Gasteiger partial charge in [-0.2, -0.15) is 0 Å². The van der Waals surface area contributed by atoms with Crippen LogP contribution in [0.4, 0.5) is 5.13 Å². The Morgan fingerprint density at radius 1 is 0.707 bits per heavy atom. The van der Waals surface area contributed by atoms with Gasteiger partial charge in [0.1, 0.15) is 40.7 Å². The van der Waals surface area contributed by atoms with E-state index in [1.54, 1.807) is 24.6 Å². The summed E-state index contributed by atoms with van der Waals surface area (Å²) in [5, 5.41) is 13.4. The maximum Gasteiger partial charge on any atom is 0.355 e. The molecule has 416 valence electrons. The number of hydrogen-bond donors (Lipinski definition) is 2. The number of nitrogens with one attached hydrogen (secondary N) is 2. The summed E-state index contributed by atoms with van der Waals surface area (Å²) in [6, 6.07) is 65.9. The number of hydrogen-bond acceptors (Lipinski definition) is 12. The highest BCUT2D eigenvalue weighted by Crippen LogP contribution is 2.45. The summed E-state index contributed by atoms with van der Waals surface area (Å²) in [6.45, 7) is 11.2. The topological polar surface area (TPSA) is 141 Å². The van der Waals surface area contributed by atoms with Crippen molar-refractivity contribution in [3.8, 4) is 5.75 Å². The summed E-state index contributed by atoms with van der Waals surface area (Å²) >= 11 is 2.75. The minimum absolute atomic E-state index is 0.00286. The number of ether oxygens (including phenoxy) is 2. The Morgan fingerprint density at radius 3 is 1.67 bits per heavy atom. The van der Waals surface area contributed by atoms with E-state index in [-0.39, 0.29) is 28.7 Å². The Morgan fingerprint density at radius 2 is 1.20 bits per heavy atom. The van der Waals surface area contributed by atoms with Crippen molar-refractivity contribution < 1.29 is 33.1 Å². The number of aromatic nitrogens is 1. The fourth-order valence-corrected chi connectivity index (χ4v) is 13.0. The van der Waals surface area contributed by atoms with E-state index in [0.717, 1.165) is 38.9 Å². The molecule has 1 aromatic heterocycles. The van der Waals surface area contributed by atoms with Crippen LogP contribution in [-0.2, 0) is 46.1 Å². The molecule has 82 heavy (non-hydrogen) atoms. The first kappa shape index (κ1) is 56.9. The zero-order valence-electron chi connectivity index (χ0n) is 46.7. The molecule has 8 aromatic rings. The normalized spacial score (nSPS) is 15.8. The first-order chi connectivity index (χ1) is 39.7. The maximum atomic E-state index is 15.5. The average molecular weight is 1140 g/mol. The van der Waals surface area contributed by atoms with E-state index >= 15 is 4.79 Å². The molecule has 2 aliphatic rings. The molecular weight excluding hydrogens is 1080 g/mol. The van der Waals surface area contributed by atoms with Gasteiger partial charge in [-0.05, 0) is 58.1 Å². The fraction of sp³-hybridized carbons (Fsp3) is 0.209. The zero-order chi connectivity index (χ0) is 57.3. The summed E-state index contributed by atoms with van der Waals surface area (Å²) in [4.78, 5) is 58.3. The van der Waals surface area contributed by atoms with Crippen molar-refractivity contribution in [1.29, 1.82) is 0 Å². The molecule has 0 aliphatic carbocycles. The number of carbonyl (C=O) groups excluding carboxylic acids is 3. The summed E-state index contributed by atoms with van der Waals surface area (Å²) in [5.41, 5.74) is 4.34. The van der Waals surface area contributed by atoms with Crippen molar-refractivity contribution in [2.24, 2.45) is 5.16 Å². The molecular formula is C67H65N5O7S2Si. The van der Waals surface area contributed by atoms with E-state index in [1.165, 1.54) is 28.0 Å². The van der Waals surface area contributed by atoms with Gasteiger partial charge in [0, 0.05) is 27.8 Å². The van der Waals surface area contributed by atoms with Crippen LogP contribution in [0.1, 0.15) is 65.4 Å². The van der Waals surface area contributed by atoms with Crippen LogP contribution in [0.3, 0.4) is 0 Å². The summed E-state index contributed by atoms with van der Waals surface area (Å²) < 4.78 is 17.7. The number of rotatable bonds is 21. The number of esters is 1. The monoisotopic (exact) mass is 1140 g/mol. The van der Waals surface area contributed by atoms with Crippen molar-refractivity contribution in [3.05, 3.63) is 280 Å². The second kappa shape index (κ2) is 24.8. The number of oxime groups is 1. The predicted molar refractivity (Wildman–Crippen MR) is 329 cm³/mol. The molecule has 2 aliphatic heterocycles. The van der Waals surface area contributed by atoms with Gasteiger partial charge in [0.2, 0.25) is 5.60 Å². The quantitative estimate of drug-likeness (QED) is 0.0178. The largest absolute Gasteiger partial charge is 0.497 e. The highest BCUT2D eigenvalue weighted by atomic mass is 32.2. The van der Waals surface area contributed by atoms with Gasteiger partial charge >= 0.3 is 5.97 Å². The average Bonchev–Trinajstić information content (AvgIpc) is 3.54. The fourth-order valence-electron chi connectivity index (χ4n) is 9.95. The van der Waals surface area contributed by atoms with E-state index < -0.39 is 48.7 Å². The number of β-lactam (4-membered cyclic amide) rings is 1. The number of benzene rings is 7. The number of allylic oxidation sites excluding steroid dienone is 1. The lowest BCUT2D eigenvalue weighted by molar-refractivity contribution is -0.153. The third kappa shape index (κ3) is 11.7. The molecule has 15 heteroatoms. The molecule has 0 radical (unpaired) electrons. The van der Waals surface area contributed by atoms with Crippen LogP contribution in [0.15, 0.2) is 240 Å². The second-order valence-electron chi connectivity index (χ2n) is 21.5. The molecule has 2 atom stereocenters. The molecule has 2 amide bonds. The molecule has 0 saturated carbocycles. The van der Waals surface area contributed by atoms with Crippen LogP contribution >= 0.6 is 23.1 Å². The number of amides is 2. The van der Waals surface area contributed by atoms with Crippen LogP contribution in [0.25, 0.3) is 0 Å². The molecule has 1 fully saturated rings. The van der Waals surface area contributed by atoms with Crippen LogP contribution in [-0.4, -0.2) is 72.6 Å². The summed E-state index contributed by atoms with van der Waals surface area (Å²) in [6.07, 6.45) is 3.73. The number of nitrogens with zero attached hydrogens (tertiary/aromatic N) is 3. The molecule has 12 nitrogen and oxygen atoms in total. The van der Waals surface area contributed by atoms with Crippen LogP contribution in [0.5, 0.6) is 5.75 Å². The molecule has 0 bridgehead atoms. The molecule has 1 saturated heterocycles. The van der Waals surface area contributed by atoms with Gasteiger partial charge in [-0.15, -0.1) is 23.1 Å². The number of anilines is 1. The zero-order valence-corrected chi connectivity index (χ0v) is 49.3. The van der Waals surface area contributed by atoms with Gasteiger partial charge in [0.05, 0.1) is 13.7 Å². The van der Waals surface area contributed by atoms with Gasteiger partial charge in [-0.1, -0.05) is 232 Å². The van der Waals surface area contributed by atoms with Gasteiger partial charge in [-0.25, -0.2) is 9.78 Å². The van der Waals surface area contributed by atoms with E-state index in [2.05, 4.69) is 80.9 Å². The lowest BCUT2D eigenvalue weighted by Crippen LogP contribution is -2.71. The molecule has 0 spiro atoms. The minimum atomic E-state index is -2.10. The SMILES string of the molecule is COc1ccc(COC(=O)C2=C(/C=C\CO[Si](C)(C)C(C)(C)C)CS[C@@H]3C(NC(=O)/C(=N/OC(c4ccccc4)(c4ccccc4)c4ccccc4)c4csc(NC(c5ccccc5)(c5ccccc5)c5ccccc5)n4)C(=O)N23)cc1. The number of fused-ring (bicyclic) bond motifs is 1. The number of thioether (sulfide) groups is 1. The summed E-state index contributed by atoms with van der Waals surface area (Å²) in [7, 11) is -0.509. The maximum absolute atomic E-state index is 15.5. The highest BCUT2D eigenvalue weighted by molar-refractivity contribution is 8.00. The molecule has 7 aromatic carbocycles. The van der Waals surface area contributed by atoms with Gasteiger partial charge in [-0.3, -0.25) is 14.5 Å². The van der Waals surface area contributed by atoms with Gasteiger partial charge < -0.3 is 29.4 Å². The Hall–Kier alpha value is -8.34. The Balaban J connectivity index is 1.03. The Bertz CT molecular complexity index is 3390. The summed E-state index contributed by atoms with van der Waals surface area (Å²) in [5.74, 6) is -0.854. The van der Waals surface area contributed by atoms with Crippen molar-refractivity contribution >= 4 is 60.0 Å². The van der Waals surface area contributed by atoms with Crippen molar-refractivity contribution in [2.75, 3.05) is 24.8 Å². The Kier molecular flexibility index (Phi) is 17.2. The van der Waals surface area contributed by atoms with Gasteiger partial charge in [0.25, 0.3) is 11.8 Å². The second-order valence-corrected chi connectivity index (χ2v) is 28.2. The molecule has 3 heterocycles. The minimum Gasteiger partial charge on any atom is -0.497 e. The number of carbonyl (C=O) groups is 3. The van der Waals surface area contributed by atoms with Crippen molar-refractivity contribution in [3.63, 3.8) is 0 Å². The first-order valence-electron chi connectivity index (χ1n) is 27.2. The lowest BCUT2D eigenvalue weighted by atomic mass is 9.77. The molecule has 10 rings (SSSR count). The molecule has 1 unspecified atom stereocenters. The molecule has 2 N–H and O–H groups in total. The van der Waals surface area contributed by atoms with Crippen LogP contribution in [0.2, 0.25) is 18.1 Å².